The molecule has 0 radical (unpaired) electrons. The summed E-state index contributed by atoms with van der Waals surface area (Å²) in [5, 5.41) is 13.7. The van der Waals surface area contributed by atoms with E-state index in [1.165, 1.54) is 49.4 Å². The molecule has 0 bridgehead atoms. The Morgan fingerprint density at radius 2 is 1.40 bits per heavy atom. The molecule has 0 unspecified atom stereocenters. The van der Waals surface area contributed by atoms with E-state index in [2.05, 4.69) is 10.3 Å². The van der Waals surface area contributed by atoms with Gasteiger partial charge in [0.15, 0.2) is 11.2 Å². The average molecular weight is 691 g/mol. The Hall–Kier alpha value is -3.15. The number of nitrogens with zero attached hydrogens (tertiary/aromatic N) is 1. The first-order valence-electron chi connectivity index (χ1n) is 13.1. The van der Waals surface area contributed by atoms with Crippen LogP contribution in [0.25, 0.3) is 27.4 Å². The van der Waals surface area contributed by atoms with Gasteiger partial charge < -0.3 is 24.3 Å². The Balaban J connectivity index is 0.00000250. The number of aliphatic hydroxyl groups is 1. The van der Waals surface area contributed by atoms with Crippen LogP contribution in [0.5, 0.6) is 11.5 Å². The van der Waals surface area contributed by atoms with Gasteiger partial charge in [0.1, 0.15) is 37.3 Å². The third-order valence-corrected chi connectivity index (χ3v) is 8.99. The van der Waals surface area contributed by atoms with Crippen molar-refractivity contribution in [1.82, 2.24) is 4.98 Å². The molecule has 12 nitrogen and oxygen atoms in total. The molecular weight excluding hydrogens is 670 g/mol. The molecule has 1 aliphatic heterocycles. The molecule has 0 fully saturated rings. The molecule has 2 N–H and O–H groups in total. The number of ether oxygens (including phenoxy) is 1. The fourth-order valence-electron chi connectivity index (χ4n) is 5.39. The van der Waals surface area contributed by atoms with E-state index in [1.54, 1.807) is 25.1 Å². The summed E-state index contributed by atoms with van der Waals surface area (Å²) in [6.45, 7) is 2.85. The maximum Gasteiger partial charge on any atom is 1.00 e. The first kappa shape index (κ1) is 36.7. The number of fused-ring (bicyclic) bond motifs is 2. The molecule has 16 heteroatoms. The van der Waals surface area contributed by atoms with Crippen LogP contribution in [0.4, 0.5) is 11.4 Å². The molecule has 0 amide bonds. The summed E-state index contributed by atoms with van der Waals surface area (Å²) >= 11 is 0. The first-order valence-corrected chi connectivity index (χ1v) is 15.9. The molecule has 4 aromatic carbocycles. The molecule has 4 aromatic rings. The molecule has 0 spiro atoms. The van der Waals surface area contributed by atoms with Crippen LogP contribution in [0.3, 0.4) is 0 Å². The van der Waals surface area contributed by atoms with Crippen LogP contribution < -0.4 is 85.4 Å². The molecule has 0 atom stereocenters. The molecule has 0 aromatic heterocycles. The molecule has 47 heavy (non-hydrogen) atoms. The van der Waals surface area contributed by atoms with Gasteiger partial charge in [0.25, 0.3) is 5.56 Å². The van der Waals surface area contributed by atoms with E-state index in [0.717, 1.165) is 12.1 Å². The minimum Gasteiger partial charge on any atom is -0.744 e. The van der Waals surface area contributed by atoms with E-state index >= 15 is 0 Å². The van der Waals surface area contributed by atoms with E-state index in [9.17, 15) is 40.6 Å². The Morgan fingerprint density at radius 1 is 0.787 bits per heavy atom. The fourth-order valence-corrected chi connectivity index (χ4v) is 6.71. The molecule has 2 aliphatic rings. The van der Waals surface area contributed by atoms with Gasteiger partial charge in [0, 0.05) is 21.9 Å². The van der Waals surface area contributed by atoms with Gasteiger partial charge in [0.05, 0.1) is 31.8 Å². The number of nitrogens with one attached hydrogen (secondary N) is 1. The summed E-state index contributed by atoms with van der Waals surface area (Å²) in [6, 6.07) is 16.4. The van der Waals surface area contributed by atoms with Crippen LogP contribution in [-0.4, -0.2) is 36.0 Å². The van der Waals surface area contributed by atoms with Gasteiger partial charge in [0.2, 0.25) is 0 Å². The van der Waals surface area contributed by atoms with Crippen LogP contribution in [0, 0.1) is 17.4 Å². The number of rotatable bonds is 6. The second kappa shape index (κ2) is 13.4. The van der Waals surface area contributed by atoms with Crippen LogP contribution in [-0.2, 0) is 20.2 Å². The maximum absolute atomic E-state index is 14.1. The summed E-state index contributed by atoms with van der Waals surface area (Å²) in [5.41, 5.74) is -1.49. The topological polar surface area (TPSA) is 203 Å². The second-order valence-corrected chi connectivity index (χ2v) is 12.9. The van der Waals surface area contributed by atoms with Gasteiger partial charge in [-0.15, -0.1) is 0 Å². The van der Waals surface area contributed by atoms with E-state index in [4.69, 9.17) is 4.74 Å². The zero-order chi connectivity index (χ0) is 32.4. The third kappa shape index (κ3) is 6.63. The van der Waals surface area contributed by atoms with Crippen molar-refractivity contribution in [3.63, 3.8) is 0 Å². The number of aromatic nitrogens is 1. The van der Waals surface area contributed by atoms with E-state index in [-0.39, 0.29) is 114 Å². The minimum atomic E-state index is -5.04. The maximum atomic E-state index is 14.1. The second-order valence-electron chi connectivity index (χ2n) is 10.2. The third-order valence-electron chi connectivity index (χ3n) is 7.24. The van der Waals surface area contributed by atoms with Crippen LogP contribution in [0.2, 0.25) is 0 Å². The van der Waals surface area contributed by atoms with Crippen molar-refractivity contribution >= 4 is 59.0 Å². The smallest absolute Gasteiger partial charge is 0.744 e. The SMILES string of the molecule is C/C(O)=c1/c(=O)nc2c(Oc3ccccc3S(=O)(=O)[O-])cc(Nc3ccc(C)cc3S(=O)(=O)[O-])c3c2=c1c1ccccc1c3=O.[Na+].[Na+]. The van der Waals surface area contributed by atoms with Gasteiger partial charge in [-0.1, -0.05) is 42.5 Å². The normalized spacial score (nSPS) is 12.4. The van der Waals surface area contributed by atoms with Gasteiger partial charge >= 0.3 is 59.1 Å². The van der Waals surface area contributed by atoms with Crippen molar-refractivity contribution in [2.45, 2.75) is 23.6 Å². The number of benzene rings is 4. The van der Waals surface area contributed by atoms with Gasteiger partial charge in [-0.2, -0.15) is 0 Å². The number of aryl methyl sites for hydroxylation is 1. The Kier molecular flexibility index (Phi) is 10.5. The summed E-state index contributed by atoms with van der Waals surface area (Å²) in [7, 11) is -10.1. The van der Waals surface area contributed by atoms with Crippen molar-refractivity contribution in [3.05, 3.63) is 115 Å². The van der Waals surface area contributed by atoms with Gasteiger partial charge in [-0.3, -0.25) is 9.59 Å². The number of aliphatic hydroxyl groups excluding tert-OH is 1. The predicted octanol–water partition coefficient (Wildman–Crippen LogP) is -2.66. The molecule has 1 heterocycles. The number of anilines is 2. The Labute approximate surface area is 311 Å². The van der Waals surface area contributed by atoms with Crippen LogP contribution >= 0.6 is 0 Å². The van der Waals surface area contributed by atoms with E-state index in [0.29, 0.717) is 5.56 Å². The number of para-hydroxylation sites is 1. The monoisotopic (exact) mass is 690 g/mol. The quantitative estimate of drug-likeness (QED) is 0.136. The summed E-state index contributed by atoms with van der Waals surface area (Å²) < 4.78 is 78.6. The molecular formula is C31H20N2Na2O10S2. The van der Waals surface area contributed by atoms with Crippen molar-refractivity contribution in [2.24, 2.45) is 0 Å². The predicted molar refractivity (Wildman–Crippen MR) is 162 cm³/mol. The fraction of sp³-hybridized carbons (Fsp3) is 0.0645. The van der Waals surface area contributed by atoms with Crippen molar-refractivity contribution < 1.29 is 94.9 Å². The van der Waals surface area contributed by atoms with Crippen molar-refractivity contribution in [1.29, 1.82) is 0 Å². The van der Waals surface area contributed by atoms with Crippen LogP contribution in [0.1, 0.15) is 12.5 Å². The standard InChI is InChI=1S/C31H22N2O10S2.2Na/c1-15-11-12-19(24(13-15)45(40,41)42)32-20-14-22(43-21-9-5-6-10-23(21)44(37,38)39)29-28-26(25(16(2)34)31(36)33-29)17-7-3-4-8-18(17)30(35)27(20)28;;/h3-14,32,34H,1-2H3,(H,37,38,39)(H,40,41,42);;/q;2*+1/p-2/b25-16-;;. The van der Waals surface area contributed by atoms with Crippen molar-refractivity contribution in [2.75, 3.05) is 5.32 Å². The first-order chi connectivity index (χ1) is 21.2. The van der Waals surface area contributed by atoms with Crippen molar-refractivity contribution in [3.8, 4) is 11.5 Å². The number of hydrogen-bond acceptors (Lipinski definition) is 12. The molecule has 0 saturated heterocycles. The van der Waals surface area contributed by atoms with Crippen LogP contribution in [0.15, 0.2) is 92.2 Å². The minimum absolute atomic E-state index is 0. The molecule has 1 aliphatic carbocycles. The zero-order valence-electron chi connectivity index (χ0n) is 25.3. The summed E-state index contributed by atoms with van der Waals surface area (Å²) in [5.74, 6) is -1.11. The Morgan fingerprint density at radius 3 is 2.04 bits per heavy atom. The van der Waals surface area contributed by atoms with E-state index in [1.807, 2.05) is 0 Å². The number of hydrogen-bond donors (Lipinski definition) is 2. The van der Waals surface area contributed by atoms with E-state index < -0.39 is 52.5 Å². The Bertz CT molecular complexity index is 2690. The largest absolute Gasteiger partial charge is 1.00 e. The zero-order valence-corrected chi connectivity index (χ0v) is 30.9. The average Bonchev–Trinajstić information content (AvgIpc) is 2.96. The van der Waals surface area contributed by atoms with Gasteiger partial charge in [-0.25, -0.2) is 21.8 Å². The summed E-state index contributed by atoms with van der Waals surface area (Å²) in [6.07, 6.45) is 0. The molecule has 0 saturated carbocycles. The van der Waals surface area contributed by atoms with Gasteiger partial charge in [-0.05, 0) is 49.1 Å². The molecule has 228 valence electrons. The summed E-state index contributed by atoms with van der Waals surface area (Å²) in [4.78, 5) is 30.2. The molecule has 6 rings (SSSR count).